The molecule has 4 rings (SSSR count). The van der Waals surface area contributed by atoms with Crippen molar-refractivity contribution in [2.45, 2.75) is 25.1 Å². The van der Waals surface area contributed by atoms with Gasteiger partial charge in [-0.25, -0.2) is 0 Å². The zero-order chi connectivity index (χ0) is 15.5. The summed E-state index contributed by atoms with van der Waals surface area (Å²) in [5.41, 5.74) is 3.64. The lowest BCUT2D eigenvalue weighted by Crippen LogP contribution is -2.50. The molecular formula is C19H20N2O2. The monoisotopic (exact) mass is 308 g/mol. The Kier molecular flexibility index (Phi) is 4.09. The van der Waals surface area contributed by atoms with Gasteiger partial charge in [0, 0.05) is 18.3 Å². The van der Waals surface area contributed by atoms with Gasteiger partial charge in [0.1, 0.15) is 12.4 Å². The summed E-state index contributed by atoms with van der Waals surface area (Å²) >= 11 is 0. The maximum atomic E-state index is 5.89. The Morgan fingerprint density at radius 3 is 2.96 bits per heavy atom. The SMILES string of the molecule is C1=C(c2cncc(OCc3ccccc3)c2)CC2COCC1N2. The van der Waals surface area contributed by atoms with Gasteiger partial charge in [-0.2, -0.15) is 0 Å². The first-order valence-electron chi connectivity index (χ1n) is 8.03. The van der Waals surface area contributed by atoms with Crippen LogP contribution in [0.15, 0.2) is 54.9 Å². The van der Waals surface area contributed by atoms with Gasteiger partial charge in [0.05, 0.1) is 19.4 Å². The third kappa shape index (κ3) is 3.44. The number of benzene rings is 1. The van der Waals surface area contributed by atoms with E-state index in [-0.39, 0.29) is 0 Å². The molecule has 3 heterocycles. The first-order chi connectivity index (χ1) is 11.4. The van der Waals surface area contributed by atoms with Crippen molar-refractivity contribution in [3.05, 3.63) is 66.0 Å². The number of pyridine rings is 1. The van der Waals surface area contributed by atoms with Crippen LogP contribution in [0.25, 0.3) is 5.57 Å². The molecule has 1 aromatic carbocycles. The number of fused-ring (bicyclic) bond motifs is 2. The van der Waals surface area contributed by atoms with Crippen LogP contribution >= 0.6 is 0 Å². The Morgan fingerprint density at radius 2 is 2.09 bits per heavy atom. The van der Waals surface area contributed by atoms with E-state index in [1.807, 2.05) is 24.4 Å². The zero-order valence-corrected chi connectivity index (χ0v) is 12.9. The van der Waals surface area contributed by atoms with Crippen molar-refractivity contribution < 1.29 is 9.47 Å². The van der Waals surface area contributed by atoms with Crippen molar-refractivity contribution in [3.63, 3.8) is 0 Å². The van der Waals surface area contributed by atoms with E-state index in [1.165, 1.54) is 5.57 Å². The van der Waals surface area contributed by atoms with E-state index in [0.717, 1.165) is 36.5 Å². The van der Waals surface area contributed by atoms with Gasteiger partial charge >= 0.3 is 0 Å². The van der Waals surface area contributed by atoms with Gasteiger partial charge < -0.3 is 14.8 Å². The molecule has 0 aliphatic carbocycles. The number of morpholine rings is 1. The molecule has 2 aromatic rings. The number of hydrogen-bond acceptors (Lipinski definition) is 4. The highest BCUT2D eigenvalue weighted by atomic mass is 16.5. The zero-order valence-electron chi connectivity index (χ0n) is 12.9. The molecule has 118 valence electrons. The van der Waals surface area contributed by atoms with Crippen molar-refractivity contribution in [2.24, 2.45) is 0 Å². The second-order valence-corrected chi connectivity index (χ2v) is 6.09. The van der Waals surface area contributed by atoms with Crippen LogP contribution in [-0.2, 0) is 11.3 Å². The lowest BCUT2D eigenvalue weighted by Gasteiger charge is -2.35. The summed E-state index contributed by atoms with van der Waals surface area (Å²) in [4.78, 5) is 4.35. The lowest BCUT2D eigenvalue weighted by molar-refractivity contribution is 0.0561. The standard InChI is InChI=1S/C19H20N2O2/c1-2-4-14(5-3-1)11-23-19-8-16(9-20-10-19)15-6-17-12-22-13-18(7-15)21-17/h1-6,8-10,17-18,21H,7,11-13H2. The molecule has 2 aliphatic heterocycles. The van der Waals surface area contributed by atoms with Crippen molar-refractivity contribution in [2.75, 3.05) is 13.2 Å². The molecular weight excluding hydrogens is 288 g/mol. The average molecular weight is 308 g/mol. The van der Waals surface area contributed by atoms with Crippen molar-refractivity contribution in [1.29, 1.82) is 0 Å². The predicted octanol–water partition coefficient (Wildman–Crippen LogP) is 2.80. The molecule has 2 unspecified atom stereocenters. The molecule has 0 spiro atoms. The maximum Gasteiger partial charge on any atom is 0.138 e. The molecule has 1 fully saturated rings. The third-order valence-corrected chi connectivity index (χ3v) is 4.27. The number of aromatic nitrogens is 1. The topological polar surface area (TPSA) is 43.4 Å². The molecule has 0 radical (unpaired) electrons. The van der Waals surface area contributed by atoms with Gasteiger partial charge in [-0.05, 0) is 29.2 Å². The second-order valence-electron chi connectivity index (χ2n) is 6.09. The highest BCUT2D eigenvalue weighted by Gasteiger charge is 2.26. The van der Waals surface area contributed by atoms with E-state index in [0.29, 0.717) is 18.7 Å². The fourth-order valence-electron chi connectivity index (χ4n) is 3.16. The van der Waals surface area contributed by atoms with Crippen LogP contribution in [-0.4, -0.2) is 30.3 Å². The Labute approximate surface area is 136 Å². The summed E-state index contributed by atoms with van der Waals surface area (Å²) in [6.45, 7) is 2.09. The van der Waals surface area contributed by atoms with Gasteiger partial charge in [-0.1, -0.05) is 36.4 Å². The van der Waals surface area contributed by atoms with E-state index < -0.39 is 0 Å². The molecule has 4 heteroatoms. The van der Waals surface area contributed by atoms with E-state index in [4.69, 9.17) is 9.47 Å². The molecule has 2 aliphatic rings. The molecule has 1 saturated heterocycles. The van der Waals surface area contributed by atoms with Gasteiger partial charge in [0.2, 0.25) is 0 Å². The minimum Gasteiger partial charge on any atom is -0.487 e. The van der Waals surface area contributed by atoms with Crippen molar-refractivity contribution in [3.8, 4) is 5.75 Å². The summed E-state index contributed by atoms with van der Waals surface area (Å²) in [5.74, 6) is 0.812. The largest absolute Gasteiger partial charge is 0.487 e. The first kappa shape index (κ1) is 14.4. The quantitative estimate of drug-likeness (QED) is 0.943. The van der Waals surface area contributed by atoms with Gasteiger partial charge in [-0.3, -0.25) is 4.98 Å². The summed E-state index contributed by atoms with van der Waals surface area (Å²) in [7, 11) is 0. The Balaban J connectivity index is 1.49. The fourth-order valence-corrected chi connectivity index (χ4v) is 3.16. The normalized spacial score (nSPS) is 23.2. The van der Waals surface area contributed by atoms with Crippen molar-refractivity contribution in [1.82, 2.24) is 10.3 Å². The maximum absolute atomic E-state index is 5.89. The second kappa shape index (κ2) is 6.52. The lowest BCUT2D eigenvalue weighted by atomic mass is 9.92. The minimum atomic E-state index is 0.311. The molecule has 0 amide bonds. The van der Waals surface area contributed by atoms with Gasteiger partial charge in [-0.15, -0.1) is 0 Å². The Morgan fingerprint density at radius 1 is 1.17 bits per heavy atom. The molecule has 0 saturated carbocycles. The molecule has 2 bridgehead atoms. The summed E-state index contributed by atoms with van der Waals surface area (Å²) in [6, 6.07) is 13.0. The highest BCUT2D eigenvalue weighted by molar-refractivity contribution is 5.68. The number of nitrogens with zero attached hydrogens (tertiary/aromatic N) is 1. The number of rotatable bonds is 4. The predicted molar refractivity (Wildman–Crippen MR) is 89.1 cm³/mol. The minimum absolute atomic E-state index is 0.311. The third-order valence-electron chi connectivity index (χ3n) is 4.27. The molecule has 1 N–H and O–H groups in total. The molecule has 4 nitrogen and oxygen atoms in total. The fraction of sp³-hybridized carbons (Fsp3) is 0.316. The van der Waals surface area contributed by atoms with E-state index >= 15 is 0 Å². The van der Waals surface area contributed by atoms with Crippen LogP contribution in [0.1, 0.15) is 17.5 Å². The van der Waals surface area contributed by atoms with Crippen LogP contribution in [0.2, 0.25) is 0 Å². The smallest absolute Gasteiger partial charge is 0.138 e. The summed E-state index contributed by atoms with van der Waals surface area (Å²) in [6.07, 6.45) is 6.93. The molecule has 1 aromatic heterocycles. The number of ether oxygens (including phenoxy) is 2. The number of nitrogens with one attached hydrogen (secondary N) is 1. The first-order valence-corrected chi connectivity index (χ1v) is 8.03. The van der Waals surface area contributed by atoms with Crippen LogP contribution < -0.4 is 10.1 Å². The highest BCUT2D eigenvalue weighted by Crippen LogP contribution is 2.28. The summed E-state index contributed by atoms with van der Waals surface area (Å²) in [5, 5.41) is 3.56. The van der Waals surface area contributed by atoms with E-state index in [9.17, 15) is 0 Å². The van der Waals surface area contributed by atoms with Gasteiger partial charge in [0.25, 0.3) is 0 Å². The number of hydrogen-bond donors (Lipinski definition) is 1. The van der Waals surface area contributed by atoms with E-state index in [2.05, 4.69) is 34.6 Å². The van der Waals surface area contributed by atoms with Crippen molar-refractivity contribution >= 4 is 5.57 Å². The Bertz CT molecular complexity index is 700. The molecule has 23 heavy (non-hydrogen) atoms. The van der Waals surface area contributed by atoms with E-state index in [1.54, 1.807) is 6.20 Å². The van der Waals surface area contributed by atoms with Crippen LogP contribution in [0.3, 0.4) is 0 Å². The molecule has 2 atom stereocenters. The van der Waals surface area contributed by atoms with Crippen LogP contribution in [0.5, 0.6) is 5.75 Å². The average Bonchev–Trinajstić information content (AvgIpc) is 2.61. The van der Waals surface area contributed by atoms with Gasteiger partial charge in [0.15, 0.2) is 0 Å². The Hall–Kier alpha value is -2.17. The van der Waals surface area contributed by atoms with Crippen LogP contribution in [0, 0.1) is 0 Å². The van der Waals surface area contributed by atoms with Crippen LogP contribution in [0.4, 0.5) is 0 Å². The summed E-state index contributed by atoms with van der Waals surface area (Å²) < 4.78 is 11.5.